The number of carbonyl (C=O) groups is 2. The molecular formula is C34H33N3O6S. The molecular weight excluding hydrogens is 578 g/mol. The average molecular weight is 612 g/mol. The first-order valence-corrected chi connectivity index (χ1v) is 15.1. The van der Waals surface area contributed by atoms with Crippen molar-refractivity contribution in [1.82, 2.24) is 9.47 Å². The number of carboxylic acid groups (broad SMARTS) is 1. The number of nitrogens with zero attached hydrogens (tertiary/aromatic N) is 3. The minimum Gasteiger partial charge on any atom is -0.496 e. The van der Waals surface area contributed by atoms with Crippen LogP contribution < -0.4 is 24.4 Å². The molecule has 0 saturated carbocycles. The average Bonchev–Trinajstić information content (AvgIpc) is 3.34. The summed E-state index contributed by atoms with van der Waals surface area (Å²) in [5, 5.41) is 9.16. The molecule has 0 unspecified atom stereocenters. The number of aromatic nitrogens is 1. The first-order valence-electron chi connectivity index (χ1n) is 14.3. The van der Waals surface area contributed by atoms with Crippen LogP contribution in [-0.2, 0) is 11.4 Å². The first-order chi connectivity index (χ1) is 21.3. The highest BCUT2D eigenvalue weighted by atomic mass is 32.1. The van der Waals surface area contributed by atoms with Gasteiger partial charge < -0.3 is 19.5 Å². The van der Waals surface area contributed by atoms with E-state index in [-0.39, 0.29) is 23.6 Å². The van der Waals surface area contributed by atoms with Crippen LogP contribution in [0, 0.1) is 0 Å². The Morgan fingerprint density at radius 1 is 1.00 bits per heavy atom. The highest BCUT2D eigenvalue weighted by Crippen LogP contribution is 2.36. The summed E-state index contributed by atoms with van der Waals surface area (Å²) in [4.78, 5) is 46.2. The molecule has 1 aliphatic rings. The Morgan fingerprint density at radius 3 is 2.32 bits per heavy atom. The number of likely N-dealkylation sites (N-methyl/N-ethyl adjacent to an activating group) is 1. The molecule has 1 aliphatic heterocycles. The van der Waals surface area contributed by atoms with E-state index in [0.29, 0.717) is 56.3 Å². The van der Waals surface area contributed by atoms with Gasteiger partial charge in [0, 0.05) is 24.2 Å². The van der Waals surface area contributed by atoms with Crippen molar-refractivity contribution in [3.05, 3.63) is 126 Å². The second-order valence-electron chi connectivity index (χ2n) is 10.1. The Labute approximate surface area is 258 Å². The lowest BCUT2D eigenvalue weighted by Crippen LogP contribution is -2.43. The standard InChI is InChI=1S/C34H33N3O6S/c1-5-36(6-2)32(39)29-21(3)35-34-37(30(29)25-12-8-10-14-27(25)42-4)31(38)28(44-34)19-24-11-7-9-13-26(24)43-20-22-15-17-23(18-16-22)33(40)41/h7-19,30H,5-6,20H2,1-4H3,(H,40,41)/b28-19+/t30-/m1/s1. The van der Waals surface area contributed by atoms with Crippen molar-refractivity contribution in [3.8, 4) is 11.5 Å². The molecule has 0 aliphatic carbocycles. The van der Waals surface area contributed by atoms with Crippen LogP contribution in [0.15, 0.2) is 93.9 Å². The van der Waals surface area contributed by atoms with E-state index in [1.54, 1.807) is 34.8 Å². The number of carboxylic acids is 1. The second-order valence-corrected chi connectivity index (χ2v) is 11.1. The zero-order chi connectivity index (χ0) is 31.4. The number of carbonyl (C=O) groups excluding carboxylic acids is 1. The van der Waals surface area contributed by atoms with E-state index in [9.17, 15) is 14.4 Å². The molecule has 10 heteroatoms. The maximum Gasteiger partial charge on any atom is 0.335 e. The van der Waals surface area contributed by atoms with Crippen LogP contribution in [0.1, 0.15) is 53.9 Å². The summed E-state index contributed by atoms with van der Waals surface area (Å²) in [5.74, 6) is -0.0224. The number of hydrogen-bond acceptors (Lipinski definition) is 7. The lowest BCUT2D eigenvalue weighted by molar-refractivity contribution is -0.127. The number of fused-ring (bicyclic) bond motifs is 1. The van der Waals surface area contributed by atoms with Gasteiger partial charge in [0.15, 0.2) is 4.80 Å². The zero-order valence-electron chi connectivity index (χ0n) is 24.9. The van der Waals surface area contributed by atoms with Crippen LogP contribution in [0.3, 0.4) is 0 Å². The van der Waals surface area contributed by atoms with Gasteiger partial charge in [0.25, 0.3) is 11.5 Å². The number of allylic oxidation sites excluding steroid dienone is 1. The molecule has 0 radical (unpaired) electrons. The van der Waals surface area contributed by atoms with E-state index < -0.39 is 12.0 Å². The fourth-order valence-corrected chi connectivity index (χ4v) is 6.28. The van der Waals surface area contributed by atoms with Crippen LogP contribution in [0.25, 0.3) is 6.08 Å². The lowest BCUT2D eigenvalue weighted by atomic mass is 9.94. The predicted octanol–water partition coefficient (Wildman–Crippen LogP) is 4.39. The van der Waals surface area contributed by atoms with Crippen LogP contribution >= 0.6 is 11.3 Å². The summed E-state index contributed by atoms with van der Waals surface area (Å²) in [6.07, 6.45) is 1.78. The van der Waals surface area contributed by atoms with E-state index in [4.69, 9.17) is 19.6 Å². The van der Waals surface area contributed by atoms with E-state index in [1.807, 2.05) is 69.3 Å². The van der Waals surface area contributed by atoms with Crippen LogP contribution in [-0.4, -0.2) is 46.6 Å². The number of hydrogen-bond donors (Lipinski definition) is 1. The molecule has 2 heterocycles. The van der Waals surface area contributed by atoms with Crippen molar-refractivity contribution in [3.63, 3.8) is 0 Å². The summed E-state index contributed by atoms with van der Waals surface area (Å²) >= 11 is 1.25. The third kappa shape index (κ3) is 5.93. The molecule has 4 aromatic rings. The summed E-state index contributed by atoms with van der Waals surface area (Å²) in [6.45, 7) is 6.92. The minimum absolute atomic E-state index is 0.170. The largest absolute Gasteiger partial charge is 0.496 e. The molecule has 1 aromatic heterocycles. The highest BCUT2D eigenvalue weighted by Gasteiger charge is 2.35. The lowest BCUT2D eigenvalue weighted by Gasteiger charge is -2.29. The Balaban J connectivity index is 1.59. The molecule has 3 aromatic carbocycles. The zero-order valence-corrected chi connectivity index (χ0v) is 25.8. The maximum absolute atomic E-state index is 14.2. The van der Waals surface area contributed by atoms with Crippen molar-refractivity contribution in [2.45, 2.75) is 33.4 Å². The summed E-state index contributed by atoms with van der Waals surface area (Å²) < 4.78 is 13.8. The fraction of sp³-hybridized carbons (Fsp3) is 0.235. The molecule has 5 rings (SSSR count). The summed E-state index contributed by atoms with van der Waals surface area (Å²) in [5.41, 5.74) is 3.13. The Bertz CT molecular complexity index is 1920. The SMILES string of the molecule is CCN(CC)C(=O)C1=C(C)N=c2s/c(=C/c3ccccc3OCc3ccc(C(=O)O)cc3)c(=O)n2[C@@H]1c1ccccc1OC. The normalized spacial score (nSPS) is 14.5. The molecule has 9 nitrogen and oxygen atoms in total. The number of amides is 1. The predicted molar refractivity (Wildman–Crippen MR) is 169 cm³/mol. The van der Waals surface area contributed by atoms with Crippen LogP contribution in [0.2, 0.25) is 0 Å². The van der Waals surface area contributed by atoms with Crippen molar-refractivity contribution >= 4 is 29.3 Å². The van der Waals surface area contributed by atoms with Crippen LogP contribution in [0.4, 0.5) is 0 Å². The minimum atomic E-state index is -0.989. The van der Waals surface area contributed by atoms with E-state index in [1.165, 1.54) is 23.5 Å². The van der Waals surface area contributed by atoms with Gasteiger partial charge in [0.05, 0.1) is 28.5 Å². The van der Waals surface area contributed by atoms with Gasteiger partial charge in [0.2, 0.25) is 0 Å². The quantitative estimate of drug-likeness (QED) is 0.285. The summed E-state index contributed by atoms with van der Waals surface area (Å²) in [6, 6.07) is 20.6. The molecule has 44 heavy (non-hydrogen) atoms. The number of para-hydroxylation sites is 2. The molecule has 0 bridgehead atoms. The van der Waals surface area contributed by atoms with Crippen LogP contribution in [0.5, 0.6) is 11.5 Å². The van der Waals surface area contributed by atoms with Gasteiger partial charge in [-0.2, -0.15) is 0 Å². The maximum atomic E-state index is 14.2. The van der Waals surface area contributed by atoms with Gasteiger partial charge in [-0.25, -0.2) is 9.79 Å². The second kappa shape index (κ2) is 13.1. The molecule has 0 fully saturated rings. The van der Waals surface area contributed by atoms with Gasteiger partial charge in [-0.3, -0.25) is 14.2 Å². The number of thiazole rings is 1. The third-order valence-electron chi connectivity index (χ3n) is 7.54. The van der Waals surface area contributed by atoms with Gasteiger partial charge in [-0.15, -0.1) is 0 Å². The highest BCUT2D eigenvalue weighted by molar-refractivity contribution is 7.07. The summed E-state index contributed by atoms with van der Waals surface area (Å²) in [7, 11) is 1.57. The number of aromatic carboxylic acids is 1. The Hall–Kier alpha value is -4.96. The van der Waals surface area contributed by atoms with E-state index in [2.05, 4.69) is 0 Å². The van der Waals surface area contributed by atoms with E-state index in [0.717, 1.165) is 5.56 Å². The van der Waals surface area contributed by atoms with Crippen molar-refractivity contribution in [2.24, 2.45) is 4.99 Å². The van der Waals surface area contributed by atoms with E-state index >= 15 is 0 Å². The van der Waals surface area contributed by atoms with Crippen molar-refractivity contribution < 1.29 is 24.2 Å². The molecule has 0 spiro atoms. The van der Waals surface area contributed by atoms with Gasteiger partial charge in [-0.1, -0.05) is 59.9 Å². The fourth-order valence-electron chi connectivity index (χ4n) is 5.24. The molecule has 226 valence electrons. The monoisotopic (exact) mass is 611 g/mol. The third-order valence-corrected chi connectivity index (χ3v) is 8.52. The number of ether oxygens (including phenoxy) is 2. The van der Waals surface area contributed by atoms with Crippen molar-refractivity contribution in [2.75, 3.05) is 20.2 Å². The molecule has 1 N–H and O–H groups in total. The molecule has 1 atom stereocenters. The van der Waals surface area contributed by atoms with Gasteiger partial charge in [-0.05, 0) is 56.7 Å². The van der Waals surface area contributed by atoms with Gasteiger partial charge >= 0.3 is 5.97 Å². The first kappa shape index (κ1) is 30.5. The topological polar surface area (TPSA) is 110 Å². The van der Waals surface area contributed by atoms with Gasteiger partial charge in [0.1, 0.15) is 24.1 Å². The number of methoxy groups -OCH3 is 1. The molecule has 0 saturated heterocycles. The Kier molecular flexibility index (Phi) is 9.10. The molecule has 1 amide bonds. The number of rotatable bonds is 10. The van der Waals surface area contributed by atoms with Crippen molar-refractivity contribution in [1.29, 1.82) is 0 Å². The smallest absolute Gasteiger partial charge is 0.335 e. The number of benzene rings is 3. The Morgan fingerprint density at radius 2 is 1.66 bits per heavy atom.